The Hall–Kier alpha value is -4.33. The highest BCUT2D eigenvalue weighted by molar-refractivity contribution is 6.36. The van der Waals surface area contributed by atoms with Gasteiger partial charge >= 0.3 is 0 Å². The second-order valence-corrected chi connectivity index (χ2v) is 9.80. The summed E-state index contributed by atoms with van der Waals surface area (Å²) in [6.45, 7) is 2.39. The number of methoxy groups -OCH3 is 1. The van der Waals surface area contributed by atoms with Crippen LogP contribution in [0.5, 0.6) is 11.5 Å². The van der Waals surface area contributed by atoms with Gasteiger partial charge in [0.1, 0.15) is 23.6 Å². The summed E-state index contributed by atoms with van der Waals surface area (Å²) in [6.07, 6.45) is 6.67. The van der Waals surface area contributed by atoms with Crippen LogP contribution in [0, 0.1) is 6.92 Å². The minimum Gasteiger partial charge on any atom is -0.496 e. The zero-order valence-corrected chi connectivity index (χ0v) is 24.3. The molecule has 41 heavy (non-hydrogen) atoms. The molecule has 7 nitrogen and oxygen atoms in total. The molecule has 0 aliphatic heterocycles. The van der Waals surface area contributed by atoms with E-state index in [1.54, 1.807) is 43.5 Å². The number of rotatable bonds is 10. The van der Waals surface area contributed by atoms with E-state index in [2.05, 4.69) is 15.6 Å². The fourth-order valence-corrected chi connectivity index (χ4v) is 4.61. The summed E-state index contributed by atoms with van der Waals surface area (Å²) in [6, 6.07) is 18.4. The third-order valence-electron chi connectivity index (χ3n) is 6.23. The van der Waals surface area contributed by atoms with Crippen molar-refractivity contribution in [2.24, 2.45) is 0 Å². The van der Waals surface area contributed by atoms with Gasteiger partial charge in [-0.1, -0.05) is 65.7 Å². The van der Waals surface area contributed by atoms with Crippen LogP contribution in [0.25, 0.3) is 23.1 Å². The molecule has 1 aromatic heterocycles. The molecule has 0 bridgehead atoms. The van der Waals surface area contributed by atoms with E-state index in [4.69, 9.17) is 32.7 Å². The summed E-state index contributed by atoms with van der Waals surface area (Å²) in [5.74, 6) is 0.540. The highest BCUT2D eigenvalue weighted by Gasteiger charge is 2.13. The van der Waals surface area contributed by atoms with Crippen molar-refractivity contribution in [2.75, 3.05) is 20.7 Å². The number of para-hydroxylation sites is 1. The minimum atomic E-state index is -0.278. The smallest absolute Gasteiger partial charge is 0.254 e. The number of hydrogen-bond donors (Lipinski definition) is 2. The Morgan fingerprint density at radius 2 is 1.83 bits per heavy atom. The number of carbonyl (C=O) groups is 2. The van der Waals surface area contributed by atoms with Crippen molar-refractivity contribution in [3.63, 3.8) is 0 Å². The molecule has 4 rings (SSSR count). The molecule has 2 N–H and O–H groups in total. The lowest BCUT2D eigenvalue weighted by Crippen LogP contribution is -2.20. The predicted molar refractivity (Wildman–Crippen MR) is 165 cm³/mol. The average Bonchev–Trinajstić information content (AvgIpc) is 2.98. The average molecular weight is 591 g/mol. The lowest BCUT2D eigenvalue weighted by atomic mass is 10.1. The van der Waals surface area contributed by atoms with Crippen LogP contribution in [0.15, 0.2) is 72.8 Å². The number of pyridine rings is 1. The van der Waals surface area contributed by atoms with Gasteiger partial charge in [0.15, 0.2) is 0 Å². The van der Waals surface area contributed by atoms with Gasteiger partial charge in [0.2, 0.25) is 5.91 Å². The Labute approximate surface area is 248 Å². The van der Waals surface area contributed by atoms with Crippen molar-refractivity contribution in [1.82, 2.24) is 15.6 Å². The number of halogens is 2. The van der Waals surface area contributed by atoms with Crippen molar-refractivity contribution in [2.45, 2.75) is 13.5 Å². The summed E-state index contributed by atoms with van der Waals surface area (Å²) in [7, 11) is 3.04. The molecular formula is C32H29Cl2N3O4. The summed E-state index contributed by atoms with van der Waals surface area (Å²) >= 11 is 13.1. The second kappa shape index (κ2) is 13.8. The Morgan fingerprint density at radius 1 is 1.00 bits per heavy atom. The first-order valence-corrected chi connectivity index (χ1v) is 13.5. The quantitative estimate of drug-likeness (QED) is 0.202. The first-order chi connectivity index (χ1) is 19.8. The van der Waals surface area contributed by atoms with Gasteiger partial charge in [-0.05, 0) is 54.5 Å². The Bertz CT molecular complexity index is 1650. The van der Waals surface area contributed by atoms with E-state index in [1.807, 2.05) is 49.4 Å². The fourth-order valence-electron chi connectivity index (χ4n) is 4.07. The first kappa shape index (κ1) is 29.6. The summed E-state index contributed by atoms with van der Waals surface area (Å²) in [4.78, 5) is 28.8. The molecule has 0 saturated carbocycles. The van der Waals surface area contributed by atoms with Crippen LogP contribution < -0.4 is 20.1 Å². The highest BCUT2D eigenvalue weighted by Crippen LogP contribution is 2.32. The van der Waals surface area contributed by atoms with E-state index in [-0.39, 0.29) is 25.0 Å². The van der Waals surface area contributed by atoms with Crippen LogP contribution in [-0.2, 0) is 11.4 Å². The normalized spacial score (nSPS) is 11.2. The van der Waals surface area contributed by atoms with Crippen molar-refractivity contribution >= 4 is 58.1 Å². The Kier molecular flexibility index (Phi) is 10.0. The van der Waals surface area contributed by atoms with Gasteiger partial charge in [0.25, 0.3) is 5.91 Å². The number of carbonyl (C=O) groups excluding carboxylic acids is 2. The molecule has 0 fully saturated rings. The maximum absolute atomic E-state index is 12.3. The van der Waals surface area contributed by atoms with Gasteiger partial charge in [0, 0.05) is 41.3 Å². The zero-order valence-electron chi connectivity index (χ0n) is 22.8. The van der Waals surface area contributed by atoms with Crippen molar-refractivity contribution < 1.29 is 19.1 Å². The third-order valence-corrected chi connectivity index (χ3v) is 7.03. The number of ether oxygens (including phenoxy) is 2. The maximum atomic E-state index is 12.3. The van der Waals surface area contributed by atoms with Crippen LogP contribution in [0.1, 0.15) is 32.7 Å². The summed E-state index contributed by atoms with van der Waals surface area (Å²) < 4.78 is 11.4. The summed E-state index contributed by atoms with van der Waals surface area (Å²) in [5.41, 5.74) is 4.21. The number of amides is 2. The van der Waals surface area contributed by atoms with E-state index in [0.29, 0.717) is 32.7 Å². The van der Waals surface area contributed by atoms with E-state index < -0.39 is 0 Å². The van der Waals surface area contributed by atoms with Crippen molar-refractivity contribution in [1.29, 1.82) is 0 Å². The molecule has 3 aromatic carbocycles. The van der Waals surface area contributed by atoms with Crippen LogP contribution in [0.2, 0.25) is 10.0 Å². The maximum Gasteiger partial charge on any atom is 0.254 e. The predicted octanol–water partition coefficient (Wildman–Crippen LogP) is 6.64. The van der Waals surface area contributed by atoms with Crippen LogP contribution in [0.3, 0.4) is 0 Å². The van der Waals surface area contributed by atoms with Gasteiger partial charge in [0.05, 0.1) is 17.7 Å². The topological polar surface area (TPSA) is 89.6 Å². The SMILES string of the molecule is CNC(=O)c1ccc(C=CC(=O)NC/C=C\c2ccc(Cl)c(COc3cccc4ccc(C)nc34)c2Cl)cc1OC. The van der Waals surface area contributed by atoms with Gasteiger partial charge in [-0.2, -0.15) is 0 Å². The number of aromatic nitrogens is 1. The number of aryl methyl sites for hydroxylation is 1. The first-order valence-electron chi connectivity index (χ1n) is 12.8. The highest BCUT2D eigenvalue weighted by atomic mass is 35.5. The van der Waals surface area contributed by atoms with E-state index in [9.17, 15) is 9.59 Å². The van der Waals surface area contributed by atoms with Crippen LogP contribution in [0.4, 0.5) is 0 Å². The van der Waals surface area contributed by atoms with E-state index >= 15 is 0 Å². The van der Waals surface area contributed by atoms with E-state index in [1.165, 1.54) is 13.2 Å². The zero-order chi connectivity index (χ0) is 29.4. The standard InChI is InChI=1S/C32H29Cl2N3O4/c1-20-9-12-23-6-4-8-27(31(23)37-20)41-19-25-26(33)15-13-22(30(25)34)7-5-17-36-29(38)16-11-21-10-14-24(32(39)35-2)28(18-21)40-3/h4-16,18H,17,19H2,1-3H3,(H,35,39)(H,36,38)/b7-5-,16-11?. The molecule has 0 unspecified atom stereocenters. The molecule has 0 aliphatic carbocycles. The van der Waals surface area contributed by atoms with Gasteiger partial charge in [-0.3, -0.25) is 9.59 Å². The molecule has 0 radical (unpaired) electrons. The van der Waals surface area contributed by atoms with E-state index in [0.717, 1.165) is 27.7 Å². The minimum absolute atomic E-state index is 0.171. The molecule has 0 spiro atoms. The molecule has 9 heteroatoms. The lowest BCUT2D eigenvalue weighted by Gasteiger charge is -2.13. The monoisotopic (exact) mass is 589 g/mol. The lowest BCUT2D eigenvalue weighted by molar-refractivity contribution is -0.116. The second-order valence-electron chi connectivity index (χ2n) is 9.02. The van der Waals surface area contributed by atoms with Crippen LogP contribution in [-0.4, -0.2) is 37.5 Å². The molecule has 0 atom stereocenters. The summed E-state index contributed by atoms with van der Waals surface area (Å²) in [5, 5.41) is 7.31. The van der Waals surface area contributed by atoms with Crippen LogP contribution >= 0.6 is 23.2 Å². The molecule has 0 saturated heterocycles. The number of fused-ring (bicyclic) bond motifs is 1. The van der Waals surface area contributed by atoms with Gasteiger partial charge < -0.3 is 20.1 Å². The fraction of sp³-hybridized carbons (Fsp3) is 0.156. The Morgan fingerprint density at radius 3 is 2.61 bits per heavy atom. The Balaban J connectivity index is 1.37. The largest absolute Gasteiger partial charge is 0.496 e. The molecule has 0 aliphatic rings. The van der Waals surface area contributed by atoms with Gasteiger partial charge in [-0.25, -0.2) is 4.98 Å². The van der Waals surface area contributed by atoms with Gasteiger partial charge in [-0.15, -0.1) is 0 Å². The molecule has 4 aromatic rings. The number of nitrogens with zero attached hydrogens (tertiary/aromatic N) is 1. The number of nitrogens with one attached hydrogen (secondary N) is 2. The third kappa shape index (κ3) is 7.45. The molecule has 2 amide bonds. The molecular weight excluding hydrogens is 561 g/mol. The van der Waals surface area contributed by atoms with Crippen molar-refractivity contribution in [3.05, 3.63) is 111 Å². The number of benzene rings is 3. The number of hydrogen-bond acceptors (Lipinski definition) is 5. The molecule has 210 valence electrons. The molecule has 1 heterocycles. The van der Waals surface area contributed by atoms with Crippen molar-refractivity contribution in [3.8, 4) is 11.5 Å².